The molecule has 4 heterocycles. The molecule has 2 aliphatic rings. The van der Waals surface area contributed by atoms with Gasteiger partial charge >= 0.3 is 6.09 Å². The minimum Gasteiger partial charge on any atom is -0.497 e. The third-order valence-electron chi connectivity index (χ3n) is 6.59. The van der Waals surface area contributed by atoms with Crippen LogP contribution in [0.4, 0.5) is 22.1 Å². The van der Waals surface area contributed by atoms with Crippen molar-refractivity contribution >= 4 is 34.3 Å². The molecule has 0 spiro atoms. The number of likely N-dealkylation sites (tertiary alicyclic amines) is 1. The summed E-state index contributed by atoms with van der Waals surface area (Å²) in [6.07, 6.45) is 4.94. The number of carboxylic acid groups (broad SMARTS) is 1. The van der Waals surface area contributed by atoms with Crippen molar-refractivity contribution in [2.24, 2.45) is 0 Å². The molecular weight excluding hydrogens is 434 g/mol. The number of benzene rings is 2. The Morgan fingerprint density at radius 1 is 1.12 bits per heavy atom. The van der Waals surface area contributed by atoms with Crippen molar-refractivity contribution < 1.29 is 14.6 Å². The number of ether oxygens (including phenoxy) is 1. The van der Waals surface area contributed by atoms with Gasteiger partial charge in [-0.2, -0.15) is 0 Å². The fraction of sp³-hybridized carbons (Fsp3) is 0.250. The van der Waals surface area contributed by atoms with E-state index in [-0.39, 0.29) is 12.1 Å². The normalized spacial score (nSPS) is 19.1. The van der Waals surface area contributed by atoms with Crippen LogP contribution in [0.1, 0.15) is 6.42 Å². The Kier molecular flexibility index (Phi) is 4.72. The molecule has 0 aliphatic carbocycles. The minimum absolute atomic E-state index is 0.0451. The largest absolute Gasteiger partial charge is 0.497 e. The number of nitrogens with one attached hydrogen (secondary N) is 1. The molecule has 0 radical (unpaired) electrons. The van der Waals surface area contributed by atoms with Crippen molar-refractivity contribution in [1.29, 1.82) is 0 Å². The van der Waals surface area contributed by atoms with E-state index in [1.54, 1.807) is 30.6 Å². The van der Waals surface area contributed by atoms with E-state index < -0.39 is 6.09 Å². The fourth-order valence-corrected chi connectivity index (χ4v) is 5.02. The van der Waals surface area contributed by atoms with Crippen LogP contribution in [-0.2, 0) is 0 Å². The maximum Gasteiger partial charge on any atom is 0.407 e. The fourth-order valence-electron chi connectivity index (χ4n) is 5.02. The molecule has 2 fully saturated rings. The summed E-state index contributed by atoms with van der Waals surface area (Å²) < 4.78 is 7.35. The van der Waals surface area contributed by atoms with Gasteiger partial charge in [-0.15, -0.1) is 5.10 Å². The highest BCUT2D eigenvalue weighted by atomic mass is 16.5. The number of fused-ring (bicyclic) bond motifs is 3. The Morgan fingerprint density at radius 2 is 2.00 bits per heavy atom. The molecule has 2 bridgehead atoms. The molecule has 2 aromatic carbocycles. The van der Waals surface area contributed by atoms with Crippen molar-refractivity contribution in [3.63, 3.8) is 0 Å². The zero-order valence-corrected chi connectivity index (χ0v) is 18.5. The van der Waals surface area contributed by atoms with Gasteiger partial charge in [0.2, 0.25) is 0 Å². The van der Waals surface area contributed by atoms with Gasteiger partial charge in [0.25, 0.3) is 0 Å². The minimum atomic E-state index is -0.832. The van der Waals surface area contributed by atoms with Crippen LogP contribution < -0.4 is 15.0 Å². The van der Waals surface area contributed by atoms with Crippen LogP contribution in [-0.4, -0.2) is 68.1 Å². The Balaban J connectivity index is 1.38. The molecule has 0 saturated carbocycles. The second-order valence-electron chi connectivity index (χ2n) is 8.51. The first-order chi connectivity index (χ1) is 16.6. The molecule has 2 saturated heterocycles. The monoisotopic (exact) mass is 457 g/mol. The van der Waals surface area contributed by atoms with Gasteiger partial charge in [-0.3, -0.25) is 4.98 Å². The zero-order valence-electron chi connectivity index (χ0n) is 18.5. The number of amides is 1. The Hall–Kier alpha value is -4.34. The van der Waals surface area contributed by atoms with Crippen molar-refractivity contribution in [3.8, 4) is 11.4 Å². The van der Waals surface area contributed by atoms with E-state index >= 15 is 0 Å². The number of anilines is 3. The summed E-state index contributed by atoms with van der Waals surface area (Å²) in [7, 11) is 1.64. The number of aromatic nitrogens is 4. The van der Waals surface area contributed by atoms with Crippen LogP contribution in [0.15, 0.2) is 61.1 Å². The third-order valence-corrected chi connectivity index (χ3v) is 6.59. The van der Waals surface area contributed by atoms with E-state index in [1.807, 2.05) is 35.0 Å². The summed E-state index contributed by atoms with van der Waals surface area (Å²) in [5.74, 6) is 2.01. The lowest BCUT2D eigenvalue weighted by Crippen LogP contribution is -2.48. The summed E-state index contributed by atoms with van der Waals surface area (Å²) in [4.78, 5) is 23.7. The summed E-state index contributed by atoms with van der Waals surface area (Å²) in [6.45, 7) is 1.24. The van der Waals surface area contributed by atoms with Gasteiger partial charge < -0.3 is 25.0 Å². The molecule has 34 heavy (non-hydrogen) atoms. The molecule has 10 heteroatoms. The highest BCUT2D eigenvalue weighted by molar-refractivity contribution is 5.93. The molecule has 0 unspecified atom stereocenters. The Morgan fingerprint density at radius 3 is 2.74 bits per heavy atom. The summed E-state index contributed by atoms with van der Waals surface area (Å²) in [5, 5.41) is 18.5. The van der Waals surface area contributed by atoms with E-state index in [0.717, 1.165) is 34.4 Å². The summed E-state index contributed by atoms with van der Waals surface area (Å²) >= 11 is 0. The van der Waals surface area contributed by atoms with E-state index in [9.17, 15) is 9.90 Å². The molecule has 2 aromatic heterocycles. The van der Waals surface area contributed by atoms with Gasteiger partial charge in [-0.1, -0.05) is 6.07 Å². The number of hydrogen-bond acceptors (Lipinski definition) is 7. The Bertz CT molecular complexity index is 1370. The van der Waals surface area contributed by atoms with Crippen LogP contribution in [0.25, 0.3) is 16.6 Å². The predicted octanol–water partition coefficient (Wildman–Crippen LogP) is 3.51. The van der Waals surface area contributed by atoms with E-state index in [1.165, 1.54) is 0 Å². The maximum atomic E-state index is 11.5. The zero-order chi connectivity index (χ0) is 23.2. The van der Waals surface area contributed by atoms with Crippen molar-refractivity contribution in [2.75, 3.05) is 30.4 Å². The first kappa shape index (κ1) is 20.3. The van der Waals surface area contributed by atoms with Gasteiger partial charge in [-0.05, 0) is 36.8 Å². The molecular formula is C24H23N7O3. The highest BCUT2D eigenvalue weighted by Crippen LogP contribution is 2.36. The van der Waals surface area contributed by atoms with Crippen LogP contribution in [0.2, 0.25) is 0 Å². The number of piperazine rings is 1. The lowest BCUT2D eigenvalue weighted by atomic mass is 10.2. The van der Waals surface area contributed by atoms with E-state index in [2.05, 4.69) is 32.3 Å². The average molecular weight is 457 g/mol. The SMILES string of the molecule is COc1ccc2c(Nc3cnccn3)nn(-c3cccc(N4C[C@@H]5C[C@H]4CN5C(=O)O)c3)c2c1. The number of rotatable bonds is 5. The number of hydrogen-bond donors (Lipinski definition) is 2. The van der Waals surface area contributed by atoms with Gasteiger partial charge in [0.05, 0.1) is 30.6 Å². The van der Waals surface area contributed by atoms with Crippen LogP contribution in [0.5, 0.6) is 5.75 Å². The maximum absolute atomic E-state index is 11.5. The smallest absolute Gasteiger partial charge is 0.407 e. The molecule has 172 valence electrons. The molecule has 6 rings (SSSR count). The first-order valence-corrected chi connectivity index (χ1v) is 11.1. The highest BCUT2D eigenvalue weighted by Gasteiger charge is 2.45. The van der Waals surface area contributed by atoms with Crippen LogP contribution >= 0.6 is 0 Å². The van der Waals surface area contributed by atoms with E-state index in [0.29, 0.717) is 24.7 Å². The quantitative estimate of drug-likeness (QED) is 0.469. The van der Waals surface area contributed by atoms with Gasteiger partial charge in [-0.25, -0.2) is 14.5 Å². The summed E-state index contributed by atoms with van der Waals surface area (Å²) in [5.41, 5.74) is 2.86. The summed E-state index contributed by atoms with van der Waals surface area (Å²) in [6, 6.07) is 14.3. The van der Waals surface area contributed by atoms with Crippen LogP contribution in [0.3, 0.4) is 0 Å². The number of carbonyl (C=O) groups is 1. The molecule has 10 nitrogen and oxygen atoms in total. The van der Waals surface area contributed by atoms with Gasteiger partial charge in [0.1, 0.15) is 11.6 Å². The molecule has 1 amide bonds. The lowest BCUT2D eigenvalue weighted by molar-refractivity contribution is 0.137. The topological polar surface area (TPSA) is 109 Å². The third kappa shape index (κ3) is 3.35. The molecule has 2 atom stereocenters. The number of methoxy groups -OCH3 is 1. The van der Waals surface area contributed by atoms with Crippen molar-refractivity contribution in [1.82, 2.24) is 24.6 Å². The van der Waals surface area contributed by atoms with Crippen molar-refractivity contribution in [3.05, 3.63) is 61.1 Å². The number of nitrogens with zero attached hydrogens (tertiary/aromatic N) is 6. The lowest BCUT2D eigenvalue weighted by Gasteiger charge is -2.34. The standard InChI is InChI=1S/C24H23N7O3/c1-34-19-5-6-20-21(11-19)31(28-23(20)27-22-12-25-7-8-26-22)16-4-2-3-15(9-16)29-13-18-10-17(29)14-30(18)24(32)33/h2-9,11-12,17-18H,10,13-14H2,1H3,(H,32,33)(H,26,27,28)/t17-,18-/m0/s1. The van der Waals surface area contributed by atoms with Crippen molar-refractivity contribution in [2.45, 2.75) is 18.5 Å². The molecule has 4 aromatic rings. The average Bonchev–Trinajstić information content (AvgIpc) is 3.58. The Labute approximate surface area is 195 Å². The molecule has 2 N–H and O–H groups in total. The van der Waals surface area contributed by atoms with Gasteiger partial charge in [0, 0.05) is 48.7 Å². The predicted molar refractivity (Wildman–Crippen MR) is 127 cm³/mol. The van der Waals surface area contributed by atoms with E-state index in [4.69, 9.17) is 9.84 Å². The second kappa shape index (κ2) is 7.91. The molecule has 2 aliphatic heterocycles. The first-order valence-electron chi connectivity index (χ1n) is 11.1. The second-order valence-corrected chi connectivity index (χ2v) is 8.51. The van der Waals surface area contributed by atoms with Crippen LogP contribution in [0, 0.1) is 0 Å². The van der Waals surface area contributed by atoms with Gasteiger partial charge in [0.15, 0.2) is 5.82 Å².